The Morgan fingerprint density at radius 2 is 2.05 bits per heavy atom. The molecule has 0 aliphatic rings. The summed E-state index contributed by atoms with van der Waals surface area (Å²) < 4.78 is 38.6. The highest BCUT2D eigenvalue weighted by Gasteiger charge is 2.17. The zero-order valence-electron chi connectivity index (χ0n) is 11.5. The van der Waals surface area contributed by atoms with Crippen LogP contribution < -0.4 is 20.5 Å². The number of carbonyl (C=O) groups excluding carboxylic acids is 1. The van der Waals surface area contributed by atoms with Gasteiger partial charge in [-0.2, -0.15) is 8.78 Å². The molecule has 0 saturated heterocycles. The molecule has 1 atom stereocenters. The van der Waals surface area contributed by atoms with Crippen LogP contribution in [0.2, 0.25) is 0 Å². The van der Waals surface area contributed by atoms with Crippen LogP contribution in [0.25, 0.3) is 0 Å². The number of alkyl halides is 2. The van der Waals surface area contributed by atoms with Gasteiger partial charge in [-0.05, 0) is 12.1 Å². The number of halogens is 3. The molecular weight excluding hydrogens is 310 g/mol. The number of hydrogen-bond acceptors (Lipinski definition) is 5. The van der Waals surface area contributed by atoms with Gasteiger partial charge in [0, 0.05) is 13.2 Å². The Kier molecular flexibility index (Phi) is 8.60. The summed E-state index contributed by atoms with van der Waals surface area (Å²) in [4.78, 5) is 11.7. The van der Waals surface area contributed by atoms with Gasteiger partial charge in [0.25, 0.3) is 0 Å². The van der Waals surface area contributed by atoms with Crippen LogP contribution >= 0.6 is 12.4 Å². The minimum Gasteiger partial charge on any atom is -0.497 e. The molecule has 0 aliphatic heterocycles. The first-order valence-corrected chi connectivity index (χ1v) is 5.66. The number of rotatable bonds is 7. The Hall–Kier alpha value is -1.64. The van der Waals surface area contributed by atoms with Crippen LogP contribution in [0.4, 0.5) is 14.5 Å². The lowest BCUT2D eigenvalue weighted by atomic mass is 10.2. The maximum Gasteiger partial charge on any atom is 0.387 e. The molecule has 0 radical (unpaired) electrons. The van der Waals surface area contributed by atoms with E-state index in [2.05, 4.69) is 10.1 Å². The fourth-order valence-electron chi connectivity index (χ4n) is 1.41. The molecule has 6 nitrogen and oxygen atoms in total. The van der Waals surface area contributed by atoms with Crippen LogP contribution in [0.5, 0.6) is 11.5 Å². The highest BCUT2D eigenvalue weighted by atomic mass is 35.5. The molecule has 0 fully saturated rings. The van der Waals surface area contributed by atoms with E-state index >= 15 is 0 Å². The first kappa shape index (κ1) is 19.4. The Balaban J connectivity index is 0.00000400. The normalized spacial score (nSPS) is 11.5. The van der Waals surface area contributed by atoms with Crippen molar-refractivity contribution in [3.8, 4) is 11.5 Å². The third kappa shape index (κ3) is 6.11. The van der Waals surface area contributed by atoms with E-state index in [1.54, 1.807) is 0 Å². The monoisotopic (exact) mass is 326 g/mol. The minimum absolute atomic E-state index is 0. The van der Waals surface area contributed by atoms with Gasteiger partial charge >= 0.3 is 6.61 Å². The van der Waals surface area contributed by atoms with E-state index in [0.29, 0.717) is 5.75 Å². The molecule has 0 heterocycles. The average molecular weight is 327 g/mol. The van der Waals surface area contributed by atoms with Gasteiger partial charge in [0.15, 0.2) is 0 Å². The topological polar surface area (TPSA) is 82.8 Å². The van der Waals surface area contributed by atoms with Crippen LogP contribution in [-0.2, 0) is 9.53 Å². The molecule has 1 amide bonds. The number of benzene rings is 1. The lowest BCUT2D eigenvalue weighted by molar-refractivity contribution is -0.118. The van der Waals surface area contributed by atoms with Crippen molar-refractivity contribution < 1.29 is 27.8 Å². The van der Waals surface area contributed by atoms with Crippen molar-refractivity contribution in [1.82, 2.24) is 0 Å². The number of carbonyl (C=O) groups is 1. The first-order valence-electron chi connectivity index (χ1n) is 5.66. The lowest BCUT2D eigenvalue weighted by Crippen LogP contribution is -2.39. The molecule has 3 N–H and O–H groups in total. The van der Waals surface area contributed by atoms with Gasteiger partial charge < -0.3 is 25.3 Å². The minimum atomic E-state index is -3.01. The zero-order chi connectivity index (χ0) is 15.1. The summed E-state index contributed by atoms with van der Waals surface area (Å²) in [6.45, 7) is -3.01. The Bertz CT molecular complexity index is 463. The molecule has 9 heteroatoms. The third-order valence-corrected chi connectivity index (χ3v) is 2.34. The molecule has 1 aromatic carbocycles. The van der Waals surface area contributed by atoms with Gasteiger partial charge in [-0.15, -0.1) is 12.4 Å². The number of amides is 1. The maximum atomic E-state index is 12.3. The summed E-state index contributed by atoms with van der Waals surface area (Å²) in [6, 6.07) is 3.13. The lowest BCUT2D eigenvalue weighted by Gasteiger charge is -2.15. The highest BCUT2D eigenvalue weighted by molar-refractivity contribution is 5.96. The average Bonchev–Trinajstić information content (AvgIpc) is 2.40. The fraction of sp³-hybridized carbons (Fsp3) is 0.417. The number of anilines is 1. The Morgan fingerprint density at radius 1 is 1.38 bits per heavy atom. The predicted molar refractivity (Wildman–Crippen MR) is 75.4 cm³/mol. The number of hydrogen-bond donors (Lipinski definition) is 2. The number of nitrogens with one attached hydrogen (secondary N) is 1. The standard InChI is InChI=1S/C12H16F2N2O4.ClH/c1-18-6-8(15)11(17)16-9-5-7(19-2)3-4-10(9)20-12(13)14;/h3-5,8,12H,6,15H2,1-2H3,(H,16,17);1H. The van der Waals surface area contributed by atoms with E-state index in [1.807, 2.05) is 0 Å². The predicted octanol–water partition coefficient (Wildman–Crippen LogP) is 1.63. The second-order valence-corrected chi connectivity index (χ2v) is 3.79. The van der Waals surface area contributed by atoms with Crippen LogP contribution in [-0.4, -0.2) is 39.4 Å². The second-order valence-electron chi connectivity index (χ2n) is 3.79. The van der Waals surface area contributed by atoms with Gasteiger partial charge in [-0.1, -0.05) is 0 Å². The van der Waals surface area contributed by atoms with Gasteiger partial charge in [0.1, 0.15) is 17.5 Å². The molecule has 0 bridgehead atoms. The summed E-state index contributed by atoms with van der Waals surface area (Å²) in [7, 11) is 2.80. The van der Waals surface area contributed by atoms with Crippen molar-refractivity contribution in [2.45, 2.75) is 12.7 Å². The van der Waals surface area contributed by atoms with Crippen molar-refractivity contribution >= 4 is 24.0 Å². The van der Waals surface area contributed by atoms with E-state index in [0.717, 1.165) is 0 Å². The van der Waals surface area contributed by atoms with Gasteiger partial charge in [0.2, 0.25) is 5.91 Å². The highest BCUT2D eigenvalue weighted by Crippen LogP contribution is 2.30. The summed E-state index contributed by atoms with van der Waals surface area (Å²) in [6.07, 6.45) is 0. The Labute approximate surface area is 126 Å². The van der Waals surface area contributed by atoms with E-state index in [9.17, 15) is 13.6 Å². The van der Waals surface area contributed by atoms with Crippen molar-refractivity contribution in [1.29, 1.82) is 0 Å². The van der Waals surface area contributed by atoms with Gasteiger partial charge in [-0.3, -0.25) is 4.79 Å². The molecule has 0 saturated carbocycles. The van der Waals surface area contributed by atoms with Crippen molar-refractivity contribution in [3.05, 3.63) is 18.2 Å². The fourth-order valence-corrected chi connectivity index (χ4v) is 1.41. The number of ether oxygens (including phenoxy) is 3. The van der Waals surface area contributed by atoms with E-state index in [4.69, 9.17) is 15.2 Å². The van der Waals surface area contributed by atoms with Crippen molar-refractivity contribution in [3.63, 3.8) is 0 Å². The smallest absolute Gasteiger partial charge is 0.387 e. The van der Waals surface area contributed by atoms with Crippen molar-refractivity contribution in [2.24, 2.45) is 5.73 Å². The molecule has 0 aromatic heterocycles. The van der Waals surface area contributed by atoms with E-state index in [1.165, 1.54) is 32.4 Å². The molecule has 0 aliphatic carbocycles. The van der Waals surface area contributed by atoms with E-state index in [-0.39, 0.29) is 30.5 Å². The first-order chi connectivity index (χ1) is 9.47. The molecule has 1 rings (SSSR count). The summed E-state index contributed by atoms with van der Waals surface area (Å²) in [5.74, 6) is -0.389. The van der Waals surface area contributed by atoms with Crippen LogP contribution in [0.3, 0.4) is 0 Å². The van der Waals surface area contributed by atoms with Crippen LogP contribution in [0.1, 0.15) is 0 Å². The van der Waals surface area contributed by atoms with E-state index < -0.39 is 18.6 Å². The largest absolute Gasteiger partial charge is 0.497 e. The van der Waals surface area contributed by atoms with Gasteiger partial charge in [-0.25, -0.2) is 0 Å². The molecule has 120 valence electrons. The quantitative estimate of drug-likeness (QED) is 0.796. The number of nitrogens with two attached hydrogens (primary N) is 1. The summed E-state index contributed by atoms with van der Waals surface area (Å²) in [5, 5.41) is 2.39. The van der Waals surface area contributed by atoms with Crippen molar-refractivity contribution in [2.75, 3.05) is 26.1 Å². The summed E-state index contributed by atoms with van der Waals surface area (Å²) >= 11 is 0. The maximum absolute atomic E-state index is 12.3. The molecule has 0 spiro atoms. The second kappa shape index (κ2) is 9.32. The Morgan fingerprint density at radius 3 is 2.57 bits per heavy atom. The molecule has 1 aromatic rings. The van der Waals surface area contributed by atoms with Crippen LogP contribution in [0, 0.1) is 0 Å². The zero-order valence-corrected chi connectivity index (χ0v) is 12.3. The number of methoxy groups -OCH3 is 2. The summed E-state index contributed by atoms with van der Waals surface area (Å²) in [5.41, 5.74) is 5.58. The SMILES string of the molecule is COCC(N)C(=O)Nc1cc(OC)ccc1OC(F)F.Cl. The molecule has 1 unspecified atom stereocenters. The molecule has 21 heavy (non-hydrogen) atoms. The van der Waals surface area contributed by atoms with Gasteiger partial charge in [0.05, 0.1) is 19.4 Å². The third-order valence-electron chi connectivity index (χ3n) is 2.34. The molecular formula is C12H17ClF2N2O4. The van der Waals surface area contributed by atoms with Crippen LogP contribution in [0.15, 0.2) is 18.2 Å².